The highest BCUT2D eigenvalue weighted by atomic mass is 19.3. The monoisotopic (exact) mass is 246 g/mol. The molecule has 0 amide bonds. The van der Waals surface area contributed by atoms with Gasteiger partial charge in [-0.05, 0) is 38.8 Å². The number of likely N-dealkylation sites (tertiary alicyclic amines) is 1. The van der Waals surface area contributed by atoms with Crippen LogP contribution in [0.3, 0.4) is 0 Å². The minimum Gasteiger partial charge on any atom is -0.318 e. The molecular weight excluding hydrogens is 222 g/mol. The number of halogens is 2. The maximum Gasteiger partial charge on any atom is 0.248 e. The molecule has 0 aromatic carbocycles. The van der Waals surface area contributed by atoms with Crippen LogP contribution in [0, 0.1) is 5.92 Å². The first-order valence-electron chi connectivity index (χ1n) is 6.87. The summed E-state index contributed by atoms with van der Waals surface area (Å²) >= 11 is 0. The molecule has 2 atom stereocenters. The zero-order valence-corrected chi connectivity index (χ0v) is 10.7. The lowest BCUT2D eigenvalue weighted by Gasteiger charge is -2.37. The van der Waals surface area contributed by atoms with Crippen LogP contribution in [0.2, 0.25) is 0 Å². The van der Waals surface area contributed by atoms with Crippen molar-refractivity contribution in [3.63, 3.8) is 0 Å². The number of hydrogen-bond donors (Lipinski definition) is 1. The van der Waals surface area contributed by atoms with Gasteiger partial charge in [-0.25, -0.2) is 8.78 Å². The predicted molar refractivity (Wildman–Crippen MR) is 65.4 cm³/mol. The Morgan fingerprint density at radius 2 is 2.12 bits per heavy atom. The van der Waals surface area contributed by atoms with E-state index in [0.29, 0.717) is 12.5 Å². The van der Waals surface area contributed by atoms with Gasteiger partial charge in [0.05, 0.1) is 0 Å². The molecule has 4 heteroatoms. The van der Waals surface area contributed by atoms with Gasteiger partial charge in [0.15, 0.2) is 0 Å². The smallest absolute Gasteiger partial charge is 0.248 e. The molecule has 0 radical (unpaired) electrons. The number of nitrogens with one attached hydrogen (secondary N) is 1. The highest BCUT2D eigenvalue weighted by molar-refractivity contribution is 4.86. The Morgan fingerprint density at radius 1 is 1.29 bits per heavy atom. The summed E-state index contributed by atoms with van der Waals surface area (Å²) in [4.78, 5) is 2.44. The van der Waals surface area contributed by atoms with Gasteiger partial charge in [-0.15, -0.1) is 0 Å². The molecule has 2 unspecified atom stereocenters. The third-order valence-corrected chi connectivity index (χ3v) is 4.19. The van der Waals surface area contributed by atoms with E-state index in [4.69, 9.17) is 0 Å². The van der Waals surface area contributed by atoms with Gasteiger partial charge in [0.1, 0.15) is 0 Å². The summed E-state index contributed by atoms with van der Waals surface area (Å²) in [6, 6.07) is 0.558. The molecule has 0 aromatic rings. The standard InChI is InChI=1S/C13H24F2N2/c1-16-9-12-4-2-3-7-17(12)10-11-5-6-13(14,15)8-11/h11-12,16H,2-10H2,1H3. The third kappa shape index (κ3) is 3.62. The van der Waals surface area contributed by atoms with Crippen molar-refractivity contribution < 1.29 is 8.78 Å². The summed E-state index contributed by atoms with van der Waals surface area (Å²) in [6.45, 7) is 2.96. The Balaban J connectivity index is 1.84. The zero-order valence-electron chi connectivity index (χ0n) is 10.7. The van der Waals surface area contributed by atoms with Gasteiger partial charge in [0, 0.05) is 32.0 Å². The minimum absolute atomic E-state index is 0.0994. The average Bonchev–Trinajstić information content (AvgIpc) is 2.61. The second-order valence-corrected chi connectivity index (χ2v) is 5.67. The highest BCUT2D eigenvalue weighted by Gasteiger charge is 2.40. The molecule has 0 bridgehead atoms. The fourth-order valence-electron chi connectivity index (χ4n) is 3.30. The van der Waals surface area contributed by atoms with Crippen molar-refractivity contribution in [3.05, 3.63) is 0 Å². The molecule has 1 N–H and O–H groups in total. The Morgan fingerprint density at radius 3 is 2.76 bits per heavy atom. The first-order chi connectivity index (χ1) is 8.11. The van der Waals surface area contributed by atoms with Gasteiger partial charge in [0.2, 0.25) is 5.92 Å². The summed E-state index contributed by atoms with van der Waals surface area (Å²) in [6.07, 6.45) is 4.63. The van der Waals surface area contributed by atoms with Gasteiger partial charge >= 0.3 is 0 Å². The lowest BCUT2D eigenvalue weighted by molar-refractivity contribution is 0.00194. The van der Waals surface area contributed by atoms with Crippen LogP contribution in [-0.2, 0) is 0 Å². The fourth-order valence-corrected chi connectivity index (χ4v) is 3.30. The second kappa shape index (κ2) is 5.61. The van der Waals surface area contributed by atoms with Crippen molar-refractivity contribution in [2.75, 3.05) is 26.7 Å². The van der Waals surface area contributed by atoms with Gasteiger partial charge in [-0.3, -0.25) is 4.90 Å². The molecule has 1 aliphatic heterocycles. The summed E-state index contributed by atoms with van der Waals surface area (Å²) in [5.41, 5.74) is 0. The van der Waals surface area contributed by atoms with E-state index >= 15 is 0 Å². The maximum atomic E-state index is 13.2. The van der Waals surface area contributed by atoms with Crippen LogP contribution in [0.25, 0.3) is 0 Å². The molecule has 1 saturated heterocycles. The van der Waals surface area contributed by atoms with Crippen molar-refractivity contribution in [2.45, 2.75) is 50.5 Å². The quantitative estimate of drug-likeness (QED) is 0.820. The van der Waals surface area contributed by atoms with Gasteiger partial charge in [-0.2, -0.15) is 0 Å². The summed E-state index contributed by atoms with van der Waals surface area (Å²) in [7, 11) is 1.97. The number of nitrogens with zero attached hydrogens (tertiary/aromatic N) is 1. The molecule has 1 aliphatic carbocycles. The summed E-state index contributed by atoms with van der Waals surface area (Å²) in [5, 5.41) is 3.22. The third-order valence-electron chi connectivity index (χ3n) is 4.19. The molecule has 100 valence electrons. The Kier molecular flexibility index (Phi) is 4.36. The SMILES string of the molecule is CNCC1CCCCN1CC1CCC(F)(F)C1. The van der Waals surface area contributed by atoms with Crippen LogP contribution in [0.15, 0.2) is 0 Å². The molecule has 1 saturated carbocycles. The topological polar surface area (TPSA) is 15.3 Å². The number of piperidine rings is 1. The van der Waals surface area contributed by atoms with E-state index in [0.717, 1.165) is 19.6 Å². The number of rotatable bonds is 4. The lowest BCUT2D eigenvalue weighted by atomic mass is 9.99. The van der Waals surface area contributed by atoms with Crippen LogP contribution in [0.5, 0.6) is 0 Å². The number of hydrogen-bond acceptors (Lipinski definition) is 2. The predicted octanol–water partition coefficient (Wildman–Crippen LogP) is 2.50. The van der Waals surface area contributed by atoms with Crippen molar-refractivity contribution in [1.29, 1.82) is 0 Å². The molecule has 1 heterocycles. The first-order valence-corrected chi connectivity index (χ1v) is 6.87. The Hall–Kier alpha value is -0.220. The zero-order chi connectivity index (χ0) is 12.3. The van der Waals surface area contributed by atoms with Gasteiger partial charge < -0.3 is 5.32 Å². The van der Waals surface area contributed by atoms with E-state index in [9.17, 15) is 8.78 Å². The van der Waals surface area contributed by atoms with E-state index in [-0.39, 0.29) is 18.8 Å². The first kappa shape index (κ1) is 13.2. The van der Waals surface area contributed by atoms with E-state index in [1.807, 2.05) is 7.05 Å². The lowest BCUT2D eigenvalue weighted by Crippen LogP contribution is -2.46. The average molecular weight is 246 g/mol. The van der Waals surface area contributed by atoms with Crippen molar-refractivity contribution >= 4 is 0 Å². The summed E-state index contributed by atoms with van der Waals surface area (Å²) in [5.74, 6) is -2.18. The van der Waals surface area contributed by atoms with Crippen LogP contribution in [0.4, 0.5) is 8.78 Å². The van der Waals surface area contributed by atoms with Crippen LogP contribution >= 0.6 is 0 Å². The van der Waals surface area contributed by atoms with E-state index in [1.165, 1.54) is 19.3 Å². The fraction of sp³-hybridized carbons (Fsp3) is 1.00. The molecule has 2 nitrogen and oxygen atoms in total. The highest BCUT2D eigenvalue weighted by Crippen LogP contribution is 2.39. The van der Waals surface area contributed by atoms with Crippen LogP contribution in [-0.4, -0.2) is 43.5 Å². The maximum absolute atomic E-state index is 13.2. The van der Waals surface area contributed by atoms with Crippen molar-refractivity contribution in [2.24, 2.45) is 5.92 Å². The van der Waals surface area contributed by atoms with Crippen molar-refractivity contribution in [1.82, 2.24) is 10.2 Å². The van der Waals surface area contributed by atoms with Gasteiger partial charge in [-0.1, -0.05) is 6.42 Å². The van der Waals surface area contributed by atoms with E-state index in [2.05, 4.69) is 10.2 Å². The Bertz CT molecular complexity index is 244. The Labute approximate surface area is 103 Å². The van der Waals surface area contributed by atoms with E-state index < -0.39 is 5.92 Å². The molecule has 2 rings (SSSR count). The second-order valence-electron chi connectivity index (χ2n) is 5.67. The van der Waals surface area contributed by atoms with Crippen LogP contribution < -0.4 is 5.32 Å². The molecule has 2 aliphatic rings. The van der Waals surface area contributed by atoms with Crippen LogP contribution in [0.1, 0.15) is 38.5 Å². The van der Waals surface area contributed by atoms with Crippen molar-refractivity contribution in [3.8, 4) is 0 Å². The number of alkyl halides is 2. The number of likely N-dealkylation sites (N-methyl/N-ethyl adjacent to an activating group) is 1. The largest absolute Gasteiger partial charge is 0.318 e. The van der Waals surface area contributed by atoms with Gasteiger partial charge in [0.25, 0.3) is 0 Å². The molecule has 0 spiro atoms. The normalized spacial score (nSPS) is 34.1. The molecule has 2 fully saturated rings. The summed E-state index contributed by atoms with van der Waals surface area (Å²) < 4.78 is 26.3. The van der Waals surface area contributed by atoms with E-state index in [1.54, 1.807) is 0 Å². The molecular formula is C13H24F2N2. The molecule has 17 heavy (non-hydrogen) atoms. The molecule has 0 aromatic heterocycles. The minimum atomic E-state index is -2.39.